The standard InChI is InChI=1S/C17H15FN2O3S2/c1-2-25(22,23)12-8-6-11(7-9-12)10-15(21)19-17-20-16-13(18)4-3-5-14(16)24-17/h3-9H,2,10H2,1H3,(H,19,20,21). The highest BCUT2D eigenvalue weighted by atomic mass is 32.2. The molecule has 1 amide bonds. The molecule has 1 aromatic heterocycles. The number of amides is 1. The van der Waals surface area contributed by atoms with Crippen molar-refractivity contribution in [2.45, 2.75) is 18.2 Å². The molecular formula is C17H15FN2O3S2. The normalized spacial score (nSPS) is 11.6. The lowest BCUT2D eigenvalue weighted by Gasteiger charge is -2.04. The monoisotopic (exact) mass is 378 g/mol. The molecule has 0 atom stereocenters. The summed E-state index contributed by atoms with van der Waals surface area (Å²) in [5, 5.41) is 2.98. The smallest absolute Gasteiger partial charge is 0.230 e. The van der Waals surface area contributed by atoms with Crippen molar-refractivity contribution < 1.29 is 17.6 Å². The van der Waals surface area contributed by atoms with Crippen LogP contribution in [0.1, 0.15) is 12.5 Å². The fourth-order valence-electron chi connectivity index (χ4n) is 2.30. The van der Waals surface area contributed by atoms with E-state index in [1.807, 2.05) is 0 Å². The number of carbonyl (C=O) groups is 1. The van der Waals surface area contributed by atoms with Crippen molar-refractivity contribution in [3.63, 3.8) is 0 Å². The van der Waals surface area contributed by atoms with E-state index in [4.69, 9.17) is 0 Å². The van der Waals surface area contributed by atoms with E-state index in [0.717, 1.165) is 0 Å². The summed E-state index contributed by atoms with van der Waals surface area (Å²) in [7, 11) is -3.26. The lowest BCUT2D eigenvalue weighted by Crippen LogP contribution is -2.14. The Morgan fingerprint density at radius 2 is 1.92 bits per heavy atom. The molecule has 0 saturated heterocycles. The molecule has 8 heteroatoms. The van der Waals surface area contributed by atoms with Crippen molar-refractivity contribution in [3.8, 4) is 0 Å². The minimum absolute atomic E-state index is 0.0288. The zero-order chi connectivity index (χ0) is 18.0. The Hall–Kier alpha value is -2.32. The van der Waals surface area contributed by atoms with Crippen molar-refractivity contribution in [1.82, 2.24) is 4.98 Å². The molecule has 130 valence electrons. The highest BCUT2D eigenvalue weighted by Gasteiger charge is 2.13. The fraction of sp³-hybridized carbons (Fsp3) is 0.176. The molecule has 0 unspecified atom stereocenters. The molecule has 25 heavy (non-hydrogen) atoms. The molecule has 0 radical (unpaired) electrons. The van der Waals surface area contributed by atoms with Crippen molar-refractivity contribution in [1.29, 1.82) is 0 Å². The predicted octanol–water partition coefficient (Wildman–Crippen LogP) is 3.41. The molecule has 0 aliphatic rings. The number of rotatable bonds is 5. The second kappa shape index (κ2) is 6.89. The minimum Gasteiger partial charge on any atom is -0.302 e. The van der Waals surface area contributed by atoms with E-state index in [2.05, 4.69) is 10.3 Å². The lowest BCUT2D eigenvalue weighted by atomic mass is 10.1. The Morgan fingerprint density at radius 3 is 2.56 bits per heavy atom. The number of sulfone groups is 1. The molecule has 3 rings (SSSR count). The summed E-state index contributed by atoms with van der Waals surface area (Å²) in [6.45, 7) is 1.58. The molecule has 0 saturated carbocycles. The molecule has 5 nitrogen and oxygen atoms in total. The number of thiazole rings is 1. The van der Waals surface area contributed by atoms with Gasteiger partial charge in [0.15, 0.2) is 15.0 Å². The molecule has 1 heterocycles. The molecule has 0 fully saturated rings. The minimum atomic E-state index is -3.26. The fourth-order valence-corrected chi connectivity index (χ4v) is 4.08. The van der Waals surface area contributed by atoms with E-state index in [1.54, 1.807) is 31.2 Å². The number of carbonyl (C=O) groups excluding carboxylic acids is 1. The van der Waals surface area contributed by atoms with Gasteiger partial charge in [0.1, 0.15) is 11.3 Å². The van der Waals surface area contributed by atoms with Crippen molar-refractivity contribution in [3.05, 3.63) is 53.8 Å². The highest BCUT2D eigenvalue weighted by molar-refractivity contribution is 7.91. The molecule has 2 aromatic carbocycles. The predicted molar refractivity (Wildman–Crippen MR) is 96.1 cm³/mol. The van der Waals surface area contributed by atoms with Crippen LogP contribution >= 0.6 is 11.3 Å². The zero-order valence-electron chi connectivity index (χ0n) is 13.3. The molecule has 1 N–H and O–H groups in total. The van der Waals surface area contributed by atoms with E-state index < -0.39 is 15.7 Å². The van der Waals surface area contributed by atoms with Gasteiger partial charge in [0.25, 0.3) is 0 Å². The van der Waals surface area contributed by atoms with E-state index >= 15 is 0 Å². The largest absolute Gasteiger partial charge is 0.302 e. The summed E-state index contributed by atoms with van der Waals surface area (Å²) < 4.78 is 37.8. The second-order valence-electron chi connectivity index (χ2n) is 5.38. The average Bonchev–Trinajstić information content (AvgIpc) is 2.99. The topological polar surface area (TPSA) is 76.1 Å². The van der Waals surface area contributed by atoms with Gasteiger partial charge in [0, 0.05) is 0 Å². The van der Waals surface area contributed by atoms with E-state index in [0.29, 0.717) is 15.4 Å². The van der Waals surface area contributed by atoms with Crippen LogP contribution in [0.25, 0.3) is 10.2 Å². The van der Waals surface area contributed by atoms with Crippen LogP contribution in [0.4, 0.5) is 9.52 Å². The highest BCUT2D eigenvalue weighted by Crippen LogP contribution is 2.27. The van der Waals surface area contributed by atoms with Gasteiger partial charge in [0.05, 0.1) is 21.8 Å². The first-order chi connectivity index (χ1) is 11.9. The van der Waals surface area contributed by atoms with E-state index in [9.17, 15) is 17.6 Å². The SMILES string of the molecule is CCS(=O)(=O)c1ccc(CC(=O)Nc2nc3c(F)cccc3s2)cc1. The lowest BCUT2D eigenvalue weighted by molar-refractivity contribution is -0.115. The molecule has 0 bridgehead atoms. The summed E-state index contributed by atoms with van der Waals surface area (Å²) in [5.41, 5.74) is 0.914. The Bertz CT molecular complexity index is 1030. The third-order valence-corrected chi connectivity index (χ3v) is 6.33. The van der Waals surface area contributed by atoms with Crippen LogP contribution in [0.3, 0.4) is 0 Å². The molecular weight excluding hydrogens is 363 g/mol. The Balaban J connectivity index is 1.70. The van der Waals surface area contributed by atoms with Crippen LogP contribution in [-0.4, -0.2) is 25.1 Å². The molecule has 0 spiro atoms. The third-order valence-electron chi connectivity index (χ3n) is 3.64. The van der Waals surface area contributed by atoms with Crippen molar-refractivity contribution >= 4 is 42.4 Å². The van der Waals surface area contributed by atoms with Crippen LogP contribution in [0.5, 0.6) is 0 Å². The molecule has 0 aliphatic carbocycles. The average molecular weight is 378 g/mol. The second-order valence-corrected chi connectivity index (χ2v) is 8.69. The first kappa shape index (κ1) is 17.5. The number of nitrogens with one attached hydrogen (secondary N) is 1. The van der Waals surface area contributed by atoms with Crippen molar-refractivity contribution in [2.75, 3.05) is 11.1 Å². The Kier molecular flexibility index (Phi) is 4.82. The van der Waals surface area contributed by atoms with Gasteiger partial charge >= 0.3 is 0 Å². The zero-order valence-corrected chi connectivity index (χ0v) is 15.0. The summed E-state index contributed by atoms with van der Waals surface area (Å²) in [6, 6.07) is 10.9. The number of nitrogens with zero attached hydrogens (tertiary/aromatic N) is 1. The van der Waals surface area contributed by atoms with Crippen LogP contribution < -0.4 is 5.32 Å². The van der Waals surface area contributed by atoms with Gasteiger partial charge in [-0.3, -0.25) is 4.79 Å². The van der Waals surface area contributed by atoms with Gasteiger partial charge in [-0.25, -0.2) is 17.8 Å². The first-order valence-electron chi connectivity index (χ1n) is 7.55. The molecule has 3 aromatic rings. The maximum absolute atomic E-state index is 13.6. The third kappa shape index (κ3) is 3.85. The molecule has 0 aliphatic heterocycles. The van der Waals surface area contributed by atoms with Crippen LogP contribution in [-0.2, 0) is 21.1 Å². The maximum atomic E-state index is 13.6. The number of hydrogen-bond donors (Lipinski definition) is 1. The Labute approximate surface area is 148 Å². The van der Waals surface area contributed by atoms with E-state index in [1.165, 1.54) is 29.5 Å². The summed E-state index contributed by atoms with van der Waals surface area (Å²) in [5.74, 6) is -0.700. The number of benzene rings is 2. The summed E-state index contributed by atoms with van der Waals surface area (Å²) >= 11 is 1.20. The van der Waals surface area contributed by atoms with Gasteiger partial charge in [-0.05, 0) is 29.8 Å². The number of para-hydroxylation sites is 1. The quantitative estimate of drug-likeness (QED) is 0.738. The van der Waals surface area contributed by atoms with Gasteiger partial charge in [-0.15, -0.1) is 0 Å². The van der Waals surface area contributed by atoms with Crippen LogP contribution in [0, 0.1) is 5.82 Å². The number of aromatic nitrogens is 1. The number of fused-ring (bicyclic) bond motifs is 1. The maximum Gasteiger partial charge on any atom is 0.230 e. The number of anilines is 1. The van der Waals surface area contributed by atoms with Crippen molar-refractivity contribution in [2.24, 2.45) is 0 Å². The van der Waals surface area contributed by atoms with Crippen LogP contribution in [0.2, 0.25) is 0 Å². The summed E-state index contributed by atoms with van der Waals surface area (Å²) in [6.07, 6.45) is 0.0743. The first-order valence-corrected chi connectivity index (χ1v) is 10.0. The Morgan fingerprint density at radius 1 is 1.20 bits per heavy atom. The van der Waals surface area contributed by atoms with E-state index in [-0.39, 0.29) is 28.5 Å². The van der Waals surface area contributed by atoms with Crippen LogP contribution in [0.15, 0.2) is 47.4 Å². The number of hydrogen-bond acceptors (Lipinski definition) is 5. The van der Waals surface area contributed by atoms with Gasteiger partial charge in [0.2, 0.25) is 5.91 Å². The van der Waals surface area contributed by atoms with Gasteiger partial charge in [-0.1, -0.05) is 36.5 Å². The number of halogens is 1. The van der Waals surface area contributed by atoms with Gasteiger partial charge < -0.3 is 5.32 Å². The summed E-state index contributed by atoms with van der Waals surface area (Å²) in [4.78, 5) is 16.4. The van der Waals surface area contributed by atoms with Gasteiger partial charge in [-0.2, -0.15) is 0 Å².